The van der Waals surface area contributed by atoms with E-state index in [0.717, 1.165) is 29.0 Å². The van der Waals surface area contributed by atoms with Crippen LogP contribution in [0.5, 0.6) is 0 Å². The van der Waals surface area contributed by atoms with E-state index in [1.54, 1.807) is 36.7 Å². The summed E-state index contributed by atoms with van der Waals surface area (Å²) in [4.78, 5) is 4.09. The third-order valence-electron chi connectivity index (χ3n) is 3.84. The monoisotopic (exact) mass is 425 g/mol. The third-order valence-corrected chi connectivity index (χ3v) is 5.05. The molecule has 0 radical (unpaired) electrons. The summed E-state index contributed by atoms with van der Waals surface area (Å²) in [6.07, 6.45) is 9.50. The van der Waals surface area contributed by atoms with Gasteiger partial charge in [0.1, 0.15) is 6.21 Å². The Bertz CT molecular complexity index is 879. The quantitative estimate of drug-likeness (QED) is 0.630. The summed E-state index contributed by atoms with van der Waals surface area (Å²) in [5.41, 5.74) is 2.53. The number of hydrogen-bond acceptors (Lipinski definition) is 1. The first kappa shape index (κ1) is 14.1. The molecule has 0 saturated carbocycles. The molecule has 110 valence electrons. The van der Waals surface area contributed by atoms with Crippen molar-refractivity contribution >= 4 is 50.6 Å². The minimum Gasteiger partial charge on any atom is -0.396 e. The van der Waals surface area contributed by atoms with Crippen LogP contribution in [0.3, 0.4) is 0 Å². The van der Waals surface area contributed by atoms with E-state index in [0.29, 0.717) is 11.4 Å². The molecule has 4 rings (SSSR count). The molecule has 0 saturated heterocycles. The molecule has 2 aromatic rings. The van der Waals surface area contributed by atoms with Gasteiger partial charge < -0.3 is 17.6 Å². The van der Waals surface area contributed by atoms with Crippen LogP contribution in [0.4, 0.5) is 8.63 Å². The van der Waals surface area contributed by atoms with Crippen LogP contribution in [0, 0.1) is 0 Å². The summed E-state index contributed by atoms with van der Waals surface area (Å²) >= 11 is 6.95. The molecule has 0 aliphatic carbocycles. The predicted octanol–water partition coefficient (Wildman–Crippen LogP) is 4.06. The Morgan fingerprint density at radius 1 is 1.18 bits per heavy atom. The van der Waals surface area contributed by atoms with Gasteiger partial charge in [-0.2, -0.15) is 0 Å². The maximum atomic E-state index is 14.7. The zero-order valence-electron chi connectivity index (χ0n) is 11.0. The highest BCUT2D eigenvalue weighted by Gasteiger charge is 2.51. The van der Waals surface area contributed by atoms with Gasteiger partial charge >= 0.3 is 6.97 Å². The van der Waals surface area contributed by atoms with E-state index >= 15 is 0 Å². The van der Waals surface area contributed by atoms with Crippen molar-refractivity contribution in [2.45, 2.75) is 0 Å². The first-order valence-electron chi connectivity index (χ1n) is 6.55. The van der Waals surface area contributed by atoms with Gasteiger partial charge in [0.05, 0.1) is 5.57 Å². The van der Waals surface area contributed by atoms with Crippen molar-refractivity contribution in [3.63, 3.8) is 0 Å². The van der Waals surface area contributed by atoms with Crippen molar-refractivity contribution in [1.82, 2.24) is 9.46 Å². The number of allylic oxidation sites excluding steroid dienone is 2. The summed E-state index contributed by atoms with van der Waals surface area (Å²) in [6.45, 7) is -3.87. The number of nitrogens with zero attached hydrogens (tertiary/aromatic N) is 3. The summed E-state index contributed by atoms with van der Waals surface area (Å²) in [5.74, 6) is 0. The smallest absolute Gasteiger partial charge is 0.396 e. The lowest BCUT2D eigenvalue weighted by Gasteiger charge is -2.31. The average molecular weight is 427 g/mol. The highest BCUT2D eigenvalue weighted by Crippen LogP contribution is 2.42. The normalized spacial score (nSPS) is 18.3. The van der Waals surface area contributed by atoms with Gasteiger partial charge in [0.15, 0.2) is 5.70 Å². The molecule has 2 aliphatic rings. The van der Waals surface area contributed by atoms with Gasteiger partial charge in [-0.25, -0.2) is 0 Å². The maximum absolute atomic E-state index is 14.7. The maximum Gasteiger partial charge on any atom is 0.737 e. The van der Waals surface area contributed by atoms with E-state index in [4.69, 9.17) is 0 Å². The predicted molar refractivity (Wildman–Crippen MR) is 88.9 cm³/mol. The highest BCUT2D eigenvalue weighted by atomic mass is 79.9. The molecule has 0 aromatic carbocycles. The van der Waals surface area contributed by atoms with Crippen LogP contribution in [0.2, 0.25) is 0 Å². The highest BCUT2D eigenvalue weighted by molar-refractivity contribution is 9.11. The molecule has 8 heteroatoms. The van der Waals surface area contributed by atoms with Crippen LogP contribution >= 0.6 is 31.9 Å². The van der Waals surface area contributed by atoms with Gasteiger partial charge in [-0.15, -0.1) is 0 Å². The number of fused-ring (bicyclic) bond motifs is 2. The third kappa shape index (κ3) is 1.77. The largest absolute Gasteiger partial charge is 0.737 e. The molecule has 4 heterocycles. The van der Waals surface area contributed by atoms with Crippen LogP contribution in [0.25, 0.3) is 5.57 Å². The van der Waals surface area contributed by atoms with E-state index in [-0.39, 0.29) is 0 Å². The van der Waals surface area contributed by atoms with Gasteiger partial charge in [-0.3, -0.25) is 4.98 Å². The molecule has 3 nitrogen and oxygen atoms in total. The fraction of sp³-hybridized carbons (Fsp3) is 0. The summed E-state index contributed by atoms with van der Waals surface area (Å²) < 4.78 is 32.9. The Kier molecular flexibility index (Phi) is 3.03. The first-order valence-corrected chi connectivity index (χ1v) is 8.13. The Labute approximate surface area is 142 Å². The van der Waals surface area contributed by atoms with Gasteiger partial charge in [0.2, 0.25) is 0 Å². The number of aromatic nitrogens is 2. The molecular weight excluding hydrogens is 419 g/mol. The molecule has 0 amide bonds. The van der Waals surface area contributed by atoms with Crippen LogP contribution in [0.1, 0.15) is 11.3 Å². The second kappa shape index (κ2) is 4.73. The van der Waals surface area contributed by atoms with E-state index in [2.05, 4.69) is 36.8 Å². The minimum atomic E-state index is -3.87. The minimum absolute atomic E-state index is 0.490. The lowest BCUT2D eigenvalue weighted by molar-refractivity contribution is -0.356. The Hall–Kier alpha value is -1.54. The number of halogens is 4. The molecule has 2 aliphatic heterocycles. The average Bonchev–Trinajstić information content (AvgIpc) is 3.11. The molecule has 0 fully saturated rings. The van der Waals surface area contributed by atoms with Gasteiger partial charge in [0, 0.05) is 44.7 Å². The van der Waals surface area contributed by atoms with E-state index in [1.165, 1.54) is 12.4 Å². The Morgan fingerprint density at radius 3 is 2.64 bits per heavy atom. The Morgan fingerprint density at radius 2 is 1.91 bits per heavy atom. The van der Waals surface area contributed by atoms with Crippen LogP contribution < -0.4 is 0 Å². The molecule has 0 spiro atoms. The number of pyridine rings is 1. The first-order chi connectivity index (χ1) is 10.5. The van der Waals surface area contributed by atoms with Crippen LogP contribution in [0.15, 0.2) is 57.5 Å². The summed E-state index contributed by atoms with van der Waals surface area (Å²) in [5, 5.41) is 0. The fourth-order valence-corrected chi connectivity index (χ4v) is 4.25. The second-order valence-corrected chi connectivity index (χ2v) is 6.75. The zero-order valence-corrected chi connectivity index (χ0v) is 14.2. The van der Waals surface area contributed by atoms with E-state index in [1.807, 2.05) is 0 Å². The molecule has 2 aromatic heterocycles. The van der Waals surface area contributed by atoms with Crippen molar-refractivity contribution in [2.75, 3.05) is 0 Å². The van der Waals surface area contributed by atoms with Crippen molar-refractivity contribution in [3.8, 4) is 0 Å². The molecular formula is C14H8BBr2F2N3. The lowest BCUT2D eigenvalue weighted by atomic mass is 9.87. The number of hydrogen-bond donors (Lipinski definition) is 0. The summed E-state index contributed by atoms with van der Waals surface area (Å²) in [6, 6.07) is 3.35. The van der Waals surface area contributed by atoms with Gasteiger partial charge in [0.25, 0.3) is 0 Å². The molecule has 22 heavy (non-hydrogen) atoms. The second-order valence-electron chi connectivity index (χ2n) is 5.04. The van der Waals surface area contributed by atoms with Crippen molar-refractivity contribution in [2.24, 2.45) is 0 Å². The van der Waals surface area contributed by atoms with E-state index < -0.39 is 6.97 Å². The fourth-order valence-electron chi connectivity index (χ4n) is 2.92. The molecule has 0 N–H and O–H groups in total. The molecule has 0 bridgehead atoms. The van der Waals surface area contributed by atoms with Crippen molar-refractivity contribution in [1.29, 1.82) is 0 Å². The Balaban J connectivity index is 2.12. The van der Waals surface area contributed by atoms with E-state index in [9.17, 15) is 8.63 Å². The number of rotatable bonds is 1. The van der Waals surface area contributed by atoms with Gasteiger partial charge in [-0.05, 0) is 50.2 Å². The standard InChI is InChI=1S/C14H8BBr2F2N3/c16-9-7-20-8-10(17)13(9)14-11-3-1-5-21(11)15(18,19)22-6-2-4-12(14)22/h1-8H. The van der Waals surface area contributed by atoms with Crippen molar-refractivity contribution in [3.05, 3.63) is 68.8 Å². The van der Waals surface area contributed by atoms with Gasteiger partial charge in [-0.1, -0.05) is 0 Å². The van der Waals surface area contributed by atoms with Crippen LogP contribution in [-0.4, -0.2) is 27.1 Å². The lowest BCUT2D eigenvalue weighted by Crippen LogP contribution is -2.49. The summed E-state index contributed by atoms with van der Waals surface area (Å²) in [7, 11) is 0. The molecule has 0 unspecified atom stereocenters. The zero-order chi connectivity index (χ0) is 15.5. The SMILES string of the molecule is F[B-]1(F)n2cccc2C(c2c(Br)cncc2Br)=C2C=CC=[N+]21. The topological polar surface area (TPSA) is 20.8 Å². The van der Waals surface area contributed by atoms with Crippen molar-refractivity contribution < 1.29 is 13.1 Å². The molecule has 0 atom stereocenters. The van der Waals surface area contributed by atoms with Crippen LogP contribution in [-0.2, 0) is 0 Å².